The number of thioether (sulfide) groups is 1. The summed E-state index contributed by atoms with van der Waals surface area (Å²) >= 11 is 1.30. The van der Waals surface area contributed by atoms with Gasteiger partial charge in [-0.25, -0.2) is 0 Å². The molecule has 1 fully saturated rings. The summed E-state index contributed by atoms with van der Waals surface area (Å²) in [6, 6.07) is 5.31. The first-order valence-corrected chi connectivity index (χ1v) is 8.46. The van der Waals surface area contributed by atoms with Gasteiger partial charge in [-0.05, 0) is 19.1 Å². The predicted molar refractivity (Wildman–Crippen MR) is 90.1 cm³/mol. The van der Waals surface area contributed by atoms with Crippen LogP contribution in [0.25, 0.3) is 0 Å². The Morgan fingerprint density at radius 3 is 2.78 bits per heavy atom. The average molecular weight is 338 g/mol. The summed E-state index contributed by atoms with van der Waals surface area (Å²) in [5, 5.41) is 3.00. The van der Waals surface area contributed by atoms with E-state index in [1.807, 2.05) is 19.1 Å². The van der Waals surface area contributed by atoms with E-state index in [-0.39, 0.29) is 17.2 Å². The van der Waals surface area contributed by atoms with Crippen LogP contribution < -0.4 is 14.8 Å². The Morgan fingerprint density at radius 1 is 1.39 bits per heavy atom. The van der Waals surface area contributed by atoms with Gasteiger partial charge in [0.05, 0.1) is 20.3 Å². The number of hydrogen-bond donors (Lipinski definition) is 1. The first-order chi connectivity index (χ1) is 11.0. The number of rotatable bonds is 7. The second kappa shape index (κ2) is 8.10. The molecule has 0 radical (unpaired) electrons. The topological polar surface area (TPSA) is 67.9 Å². The van der Waals surface area contributed by atoms with Crippen molar-refractivity contribution in [3.05, 3.63) is 23.8 Å². The average Bonchev–Trinajstić information content (AvgIpc) is 2.97. The van der Waals surface area contributed by atoms with Crippen molar-refractivity contribution in [3.8, 4) is 11.5 Å². The van der Waals surface area contributed by atoms with Crippen molar-refractivity contribution < 1.29 is 19.1 Å². The maximum Gasteiger partial charge on any atom is 0.281 e. The van der Waals surface area contributed by atoms with Crippen LogP contribution in [0.1, 0.15) is 24.9 Å². The lowest BCUT2D eigenvalue weighted by Gasteiger charge is -2.19. The van der Waals surface area contributed by atoms with E-state index >= 15 is 0 Å². The molecule has 1 aromatic rings. The molecule has 0 aromatic heterocycles. The summed E-state index contributed by atoms with van der Waals surface area (Å²) in [4.78, 5) is 25.3. The number of nitrogens with zero attached hydrogens (tertiary/aromatic N) is 1. The van der Waals surface area contributed by atoms with Crippen LogP contribution in [-0.2, 0) is 4.79 Å². The van der Waals surface area contributed by atoms with Crippen molar-refractivity contribution in [2.75, 3.05) is 33.1 Å². The molecule has 1 atom stereocenters. The Labute approximate surface area is 140 Å². The Balaban J connectivity index is 1.91. The van der Waals surface area contributed by atoms with Crippen molar-refractivity contribution in [2.24, 2.45) is 0 Å². The third kappa shape index (κ3) is 4.54. The molecule has 23 heavy (non-hydrogen) atoms. The van der Waals surface area contributed by atoms with Gasteiger partial charge in [0.2, 0.25) is 5.91 Å². The van der Waals surface area contributed by atoms with Crippen molar-refractivity contribution in [1.82, 2.24) is 10.2 Å². The molecule has 1 aliphatic heterocycles. The molecule has 6 nitrogen and oxygen atoms in total. The number of ether oxygens (including phenoxy) is 2. The molecule has 2 rings (SSSR count). The van der Waals surface area contributed by atoms with E-state index in [2.05, 4.69) is 5.32 Å². The van der Waals surface area contributed by atoms with Crippen molar-refractivity contribution >= 4 is 22.9 Å². The number of carbonyl (C=O) groups excluding carboxylic acids is 2. The van der Waals surface area contributed by atoms with Crippen LogP contribution in [-0.4, -0.2) is 49.1 Å². The second-order valence-corrected chi connectivity index (χ2v) is 6.29. The number of benzene rings is 1. The van der Waals surface area contributed by atoms with Crippen LogP contribution in [0.4, 0.5) is 4.79 Å². The first-order valence-electron chi connectivity index (χ1n) is 7.48. The first kappa shape index (κ1) is 17.5. The van der Waals surface area contributed by atoms with Crippen molar-refractivity contribution in [3.63, 3.8) is 0 Å². The molecule has 1 aliphatic rings. The fraction of sp³-hybridized carbons (Fsp3) is 0.500. The van der Waals surface area contributed by atoms with Gasteiger partial charge in [0.1, 0.15) is 11.5 Å². The van der Waals surface area contributed by atoms with E-state index in [9.17, 15) is 9.59 Å². The lowest BCUT2D eigenvalue weighted by Crippen LogP contribution is -2.32. The molecule has 0 spiro atoms. The van der Waals surface area contributed by atoms with Gasteiger partial charge in [-0.15, -0.1) is 0 Å². The molecule has 0 saturated carbocycles. The van der Waals surface area contributed by atoms with Crippen LogP contribution in [0.2, 0.25) is 0 Å². The molecule has 1 aromatic carbocycles. The Kier molecular flexibility index (Phi) is 6.15. The third-order valence-electron chi connectivity index (χ3n) is 3.74. The molecule has 0 aliphatic carbocycles. The summed E-state index contributed by atoms with van der Waals surface area (Å²) in [6.45, 7) is 3.09. The number of hydrogen-bond acceptors (Lipinski definition) is 5. The molecule has 2 amide bonds. The fourth-order valence-electron chi connectivity index (χ4n) is 2.43. The smallest absolute Gasteiger partial charge is 0.281 e. The molecule has 1 heterocycles. The Hall–Kier alpha value is -1.89. The molecular formula is C16H22N2O4S. The highest BCUT2D eigenvalue weighted by atomic mass is 32.2. The van der Waals surface area contributed by atoms with Gasteiger partial charge in [0.15, 0.2) is 0 Å². The molecule has 7 heteroatoms. The molecular weight excluding hydrogens is 316 g/mol. The van der Waals surface area contributed by atoms with Crippen LogP contribution >= 0.6 is 11.8 Å². The van der Waals surface area contributed by atoms with E-state index < -0.39 is 0 Å². The minimum Gasteiger partial charge on any atom is -0.497 e. The lowest BCUT2D eigenvalue weighted by molar-refractivity contribution is -0.121. The summed E-state index contributed by atoms with van der Waals surface area (Å²) in [7, 11) is 3.18. The highest BCUT2D eigenvalue weighted by Crippen LogP contribution is 2.29. The third-order valence-corrected chi connectivity index (χ3v) is 4.63. The number of amides is 2. The summed E-state index contributed by atoms with van der Waals surface area (Å²) < 4.78 is 10.5. The van der Waals surface area contributed by atoms with Gasteiger partial charge in [0.25, 0.3) is 5.24 Å². The van der Waals surface area contributed by atoms with Gasteiger partial charge >= 0.3 is 0 Å². The van der Waals surface area contributed by atoms with Crippen LogP contribution in [0, 0.1) is 0 Å². The minimum absolute atomic E-state index is 0.0580. The van der Waals surface area contributed by atoms with E-state index in [4.69, 9.17) is 9.47 Å². The quantitative estimate of drug-likeness (QED) is 0.827. The number of nitrogens with one attached hydrogen (secondary N) is 1. The standard InChI is InChI=1S/C16H22N2O4S/c1-11(13-5-4-12(21-2)10-14(13)22-3)17-15(19)6-7-18-8-9-23-16(18)20/h4-5,10-11H,6-9H2,1-3H3,(H,17,19). The lowest BCUT2D eigenvalue weighted by atomic mass is 10.1. The summed E-state index contributed by atoms with van der Waals surface area (Å²) in [5.74, 6) is 2.09. The maximum atomic E-state index is 12.1. The zero-order chi connectivity index (χ0) is 16.8. The van der Waals surface area contributed by atoms with Crippen LogP contribution in [0.5, 0.6) is 11.5 Å². The predicted octanol–water partition coefficient (Wildman–Crippen LogP) is 2.44. The van der Waals surface area contributed by atoms with Gasteiger partial charge in [-0.2, -0.15) is 0 Å². The van der Waals surface area contributed by atoms with Crippen LogP contribution in [0.15, 0.2) is 18.2 Å². The van der Waals surface area contributed by atoms with Gasteiger partial charge < -0.3 is 19.7 Å². The number of methoxy groups -OCH3 is 2. The molecule has 1 N–H and O–H groups in total. The summed E-state index contributed by atoms with van der Waals surface area (Å²) in [6.07, 6.45) is 0.301. The van der Waals surface area contributed by atoms with E-state index in [1.54, 1.807) is 25.2 Å². The monoisotopic (exact) mass is 338 g/mol. The highest BCUT2D eigenvalue weighted by molar-refractivity contribution is 8.13. The van der Waals surface area contributed by atoms with Gasteiger partial charge in [0, 0.05) is 36.9 Å². The molecule has 126 valence electrons. The molecule has 1 saturated heterocycles. The molecule has 1 unspecified atom stereocenters. The van der Waals surface area contributed by atoms with Gasteiger partial charge in [-0.1, -0.05) is 11.8 Å². The van der Waals surface area contributed by atoms with E-state index in [1.165, 1.54) is 11.8 Å². The SMILES string of the molecule is COc1ccc(C(C)NC(=O)CCN2CCSC2=O)c(OC)c1. The maximum absolute atomic E-state index is 12.1. The van der Waals surface area contributed by atoms with Crippen molar-refractivity contribution in [1.29, 1.82) is 0 Å². The zero-order valence-corrected chi connectivity index (χ0v) is 14.4. The van der Waals surface area contributed by atoms with E-state index in [0.29, 0.717) is 24.5 Å². The Bertz CT molecular complexity index is 579. The highest BCUT2D eigenvalue weighted by Gasteiger charge is 2.22. The minimum atomic E-state index is -0.188. The number of carbonyl (C=O) groups is 2. The fourth-order valence-corrected chi connectivity index (χ4v) is 3.28. The zero-order valence-electron chi connectivity index (χ0n) is 13.6. The normalized spacial score (nSPS) is 15.4. The van der Waals surface area contributed by atoms with Gasteiger partial charge in [-0.3, -0.25) is 9.59 Å². The van der Waals surface area contributed by atoms with E-state index in [0.717, 1.165) is 17.9 Å². The Morgan fingerprint density at radius 2 is 2.17 bits per heavy atom. The molecule has 0 bridgehead atoms. The van der Waals surface area contributed by atoms with Crippen molar-refractivity contribution in [2.45, 2.75) is 19.4 Å². The largest absolute Gasteiger partial charge is 0.497 e. The second-order valence-electron chi connectivity index (χ2n) is 5.25. The summed E-state index contributed by atoms with van der Waals surface area (Å²) in [5.41, 5.74) is 0.884. The van der Waals surface area contributed by atoms with Crippen LogP contribution in [0.3, 0.4) is 0 Å².